The number of anilines is 5. The van der Waals surface area contributed by atoms with E-state index in [0.717, 1.165) is 0 Å². The molecule has 0 aliphatic heterocycles. The maximum atomic E-state index is 13.3. The predicted molar refractivity (Wildman–Crippen MR) is 197 cm³/mol. The molecule has 0 fully saturated rings. The lowest BCUT2D eigenvalue weighted by Crippen LogP contribution is -2.28. The van der Waals surface area contributed by atoms with Crippen LogP contribution in [0.2, 0.25) is 0 Å². The third kappa shape index (κ3) is 8.53. The van der Waals surface area contributed by atoms with E-state index in [4.69, 9.17) is 11.1 Å². The standard InChI is InChI=1S/C34H39N13O6/c1-43-13-19(38-18-48)8-25(43)31(50)40-21-10-27(45(3)15-21)33(52)42-23-12-28(47(5)17-23)34(53)41-22-11-26(46(4)16-22)32(51)39-20-9-24(44(2)14-20)30(49)37-7-6-29(35)36/h8-18H,6-7H2,1-5H3,(H3,35,36)(H,37,49)(H,38,48)(H,39,51)(H,40,50)(H,41,53)(H,42,52). The van der Waals surface area contributed by atoms with Crippen molar-refractivity contribution in [1.82, 2.24) is 28.2 Å². The molecule has 19 heteroatoms. The predicted octanol–water partition coefficient (Wildman–Crippen LogP) is 2.01. The highest BCUT2D eigenvalue weighted by Crippen LogP contribution is 2.22. The van der Waals surface area contributed by atoms with Crippen LogP contribution < -0.4 is 37.6 Å². The minimum Gasteiger partial charge on any atom is -0.388 e. The van der Waals surface area contributed by atoms with Crippen LogP contribution in [-0.2, 0) is 40.0 Å². The second-order valence-corrected chi connectivity index (χ2v) is 12.2. The highest BCUT2D eigenvalue weighted by Gasteiger charge is 2.21. The largest absolute Gasteiger partial charge is 0.388 e. The zero-order valence-electron chi connectivity index (χ0n) is 29.5. The summed E-state index contributed by atoms with van der Waals surface area (Å²) in [5, 5.41) is 23.5. The molecular formula is C34H39N13O6. The molecule has 0 atom stereocenters. The first-order chi connectivity index (χ1) is 25.1. The number of hydrogen-bond acceptors (Lipinski definition) is 7. The van der Waals surface area contributed by atoms with Crippen molar-refractivity contribution in [1.29, 1.82) is 5.41 Å². The van der Waals surface area contributed by atoms with Crippen molar-refractivity contribution in [2.45, 2.75) is 6.42 Å². The van der Waals surface area contributed by atoms with Crippen molar-refractivity contribution >= 4 is 70.2 Å². The number of aromatic nitrogens is 5. The van der Waals surface area contributed by atoms with E-state index in [-0.39, 0.29) is 41.8 Å². The quantitative estimate of drug-likeness (QED) is 0.0480. The van der Waals surface area contributed by atoms with Gasteiger partial charge in [0.05, 0.1) is 34.3 Å². The fraction of sp³-hybridized carbons (Fsp3) is 0.206. The molecule has 276 valence electrons. The van der Waals surface area contributed by atoms with Gasteiger partial charge in [-0.15, -0.1) is 0 Å². The molecule has 53 heavy (non-hydrogen) atoms. The summed E-state index contributed by atoms with van der Waals surface area (Å²) in [6.07, 6.45) is 8.62. The summed E-state index contributed by atoms with van der Waals surface area (Å²) in [7, 11) is 8.25. The maximum absolute atomic E-state index is 13.3. The molecule has 5 heterocycles. The van der Waals surface area contributed by atoms with Crippen molar-refractivity contribution < 1.29 is 28.8 Å². The number of carbonyl (C=O) groups excluding carboxylic acids is 6. The molecule has 0 saturated heterocycles. The van der Waals surface area contributed by atoms with Crippen LogP contribution >= 0.6 is 0 Å². The van der Waals surface area contributed by atoms with Crippen LogP contribution in [0.25, 0.3) is 0 Å². The second kappa shape index (κ2) is 15.3. The molecule has 0 saturated carbocycles. The van der Waals surface area contributed by atoms with E-state index in [1.54, 1.807) is 84.5 Å². The van der Waals surface area contributed by atoms with E-state index in [0.29, 0.717) is 46.2 Å². The summed E-state index contributed by atoms with van der Waals surface area (Å²) in [5.41, 5.74) is 8.52. The monoisotopic (exact) mass is 725 g/mol. The zero-order valence-corrected chi connectivity index (χ0v) is 29.5. The Hall–Kier alpha value is -7.31. The molecule has 5 aromatic rings. The van der Waals surface area contributed by atoms with Gasteiger partial charge in [-0.2, -0.15) is 0 Å². The van der Waals surface area contributed by atoms with Crippen LogP contribution in [0.4, 0.5) is 28.4 Å². The van der Waals surface area contributed by atoms with Gasteiger partial charge in [0, 0.05) is 79.2 Å². The van der Waals surface area contributed by atoms with Gasteiger partial charge in [0.25, 0.3) is 29.5 Å². The third-order valence-corrected chi connectivity index (χ3v) is 8.12. The topological polar surface area (TPSA) is 249 Å². The number of hydrogen-bond donors (Lipinski definition) is 8. The Balaban J connectivity index is 1.19. The van der Waals surface area contributed by atoms with Crippen molar-refractivity contribution in [2.24, 2.45) is 41.0 Å². The Morgan fingerprint density at radius 1 is 0.547 bits per heavy atom. The van der Waals surface area contributed by atoms with E-state index in [2.05, 4.69) is 31.9 Å². The summed E-state index contributed by atoms with van der Waals surface area (Å²) in [6, 6.07) is 7.54. The normalized spacial score (nSPS) is 10.7. The number of amidine groups is 1. The van der Waals surface area contributed by atoms with Gasteiger partial charge in [-0.1, -0.05) is 0 Å². The zero-order chi connectivity index (χ0) is 38.6. The number of carbonyl (C=O) groups is 6. The molecular weight excluding hydrogens is 686 g/mol. The molecule has 0 aromatic carbocycles. The van der Waals surface area contributed by atoms with Gasteiger partial charge in [0.2, 0.25) is 6.41 Å². The molecule has 9 N–H and O–H groups in total. The van der Waals surface area contributed by atoms with E-state index < -0.39 is 23.6 Å². The van der Waals surface area contributed by atoms with Gasteiger partial charge in [0.15, 0.2) is 0 Å². The minimum absolute atomic E-state index is 0.0415. The van der Waals surface area contributed by atoms with Crippen molar-refractivity contribution in [3.05, 3.63) is 89.8 Å². The molecule has 6 amide bonds. The van der Waals surface area contributed by atoms with E-state index in [9.17, 15) is 28.8 Å². The third-order valence-electron chi connectivity index (χ3n) is 8.12. The van der Waals surface area contributed by atoms with E-state index in [1.807, 2.05) is 0 Å². The molecule has 0 spiro atoms. The Kier molecular flexibility index (Phi) is 10.7. The number of amides is 6. The van der Waals surface area contributed by atoms with Gasteiger partial charge in [-0.25, -0.2) is 0 Å². The van der Waals surface area contributed by atoms with Crippen LogP contribution in [0.15, 0.2) is 61.3 Å². The Bertz CT molecular complexity index is 2260. The van der Waals surface area contributed by atoms with Gasteiger partial charge in [-0.3, -0.25) is 34.2 Å². The minimum atomic E-state index is -0.495. The molecule has 5 rings (SSSR count). The lowest BCUT2D eigenvalue weighted by atomic mass is 10.3. The molecule has 0 aliphatic carbocycles. The van der Waals surface area contributed by atoms with E-state index in [1.165, 1.54) is 34.9 Å². The lowest BCUT2D eigenvalue weighted by Gasteiger charge is -2.04. The maximum Gasteiger partial charge on any atom is 0.272 e. The van der Waals surface area contributed by atoms with Crippen LogP contribution in [0.5, 0.6) is 0 Å². The number of nitrogens with two attached hydrogens (primary N) is 1. The molecule has 19 nitrogen and oxygen atoms in total. The second-order valence-electron chi connectivity index (χ2n) is 12.2. The van der Waals surface area contributed by atoms with E-state index >= 15 is 0 Å². The summed E-state index contributed by atoms with van der Waals surface area (Å²) in [6.45, 7) is 0.204. The number of nitrogens with one attached hydrogen (secondary N) is 7. The highest BCUT2D eigenvalue weighted by atomic mass is 16.2. The fourth-order valence-electron chi connectivity index (χ4n) is 5.55. The smallest absolute Gasteiger partial charge is 0.272 e. The number of rotatable bonds is 14. The van der Waals surface area contributed by atoms with Crippen molar-refractivity contribution in [2.75, 3.05) is 33.1 Å². The van der Waals surface area contributed by atoms with Crippen LogP contribution in [0.1, 0.15) is 58.9 Å². The van der Waals surface area contributed by atoms with Crippen molar-refractivity contribution in [3.8, 4) is 0 Å². The van der Waals surface area contributed by atoms with Gasteiger partial charge in [-0.05, 0) is 30.3 Å². The van der Waals surface area contributed by atoms with Crippen LogP contribution in [0, 0.1) is 5.41 Å². The molecule has 0 aliphatic rings. The first kappa shape index (κ1) is 37.0. The average Bonchev–Trinajstić information content (AvgIpc) is 3.89. The summed E-state index contributed by atoms with van der Waals surface area (Å²) >= 11 is 0. The highest BCUT2D eigenvalue weighted by molar-refractivity contribution is 6.09. The number of nitrogens with zero attached hydrogens (tertiary/aromatic N) is 5. The molecule has 0 unspecified atom stereocenters. The van der Waals surface area contributed by atoms with Crippen LogP contribution in [-0.4, -0.2) is 71.2 Å². The van der Waals surface area contributed by atoms with Gasteiger partial charge in [0.1, 0.15) is 28.5 Å². The Morgan fingerprint density at radius 2 is 0.830 bits per heavy atom. The molecule has 5 aromatic heterocycles. The van der Waals surface area contributed by atoms with Crippen molar-refractivity contribution in [3.63, 3.8) is 0 Å². The summed E-state index contributed by atoms with van der Waals surface area (Å²) < 4.78 is 7.73. The van der Waals surface area contributed by atoms with Gasteiger partial charge >= 0.3 is 0 Å². The average molecular weight is 726 g/mol. The first-order valence-electron chi connectivity index (χ1n) is 16.0. The Morgan fingerprint density at radius 3 is 1.13 bits per heavy atom. The fourth-order valence-corrected chi connectivity index (χ4v) is 5.55. The van der Waals surface area contributed by atoms with Crippen LogP contribution in [0.3, 0.4) is 0 Å². The first-order valence-corrected chi connectivity index (χ1v) is 16.0. The molecule has 0 bridgehead atoms. The number of aryl methyl sites for hydroxylation is 5. The lowest BCUT2D eigenvalue weighted by molar-refractivity contribution is -0.105. The van der Waals surface area contributed by atoms with Gasteiger partial charge < -0.3 is 60.5 Å². The summed E-state index contributed by atoms with van der Waals surface area (Å²) in [5.74, 6) is -2.32. The Labute approximate surface area is 302 Å². The molecule has 0 radical (unpaired) electrons. The SMILES string of the molecule is Cn1cc(NC(=O)c2cc(NC(=O)c3cc(NC(=O)c4cc(NC(=O)c5cc(NC=O)cn5C)cn4C)cn3C)cn2C)cc1C(=O)NCCC(=N)N. The summed E-state index contributed by atoms with van der Waals surface area (Å²) in [4.78, 5) is 75.7.